The van der Waals surface area contributed by atoms with Crippen molar-refractivity contribution in [3.8, 4) is 0 Å². The van der Waals surface area contributed by atoms with Crippen LogP contribution in [0.1, 0.15) is 12.8 Å². The Morgan fingerprint density at radius 1 is 1.53 bits per heavy atom. The molecule has 2 rings (SSSR count). The number of carboxylic acids is 1. The molecule has 0 aliphatic heterocycles. The highest BCUT2D eigenvalue weighted by Crippen LogP contribution is 2.46. The van der Waals surface area contributed by atoms with Gasteiger partial charge in [0.25, 0.3) is 5.95 Å². The van der Waals surface area contributed by atoms with Gasteiger partial charge in [-0.2, -0.15) is 4.80 Å². The van der Waals surface area contributed by atoms with Gasteiger partial charge in [-0.05, 0) is 18.1 Å². The van der Waals surface area contributed by atoms with Crippen molar-refractivity contribution in [1.82, 2.24) is 20.2 Å². The molecular formula is C7H9N5O3. The van der Waals surface area contributed by atoms with E-state index in [2.05, 4.69) is 20.7 Å². The Kier molecular flexibility index (Phi) is 1.92. The molecule has 1 amide bonds. The third kappa shape index (κ3) is 1.53. The van der Waals surface area contributed by atoms with Gasteiger partial charge in [-0.25, -0.2) is 0 Å². The fraction of sp³-hybridized carbons (Fsp3) is 0.571. The Balaban J connectivity index is 2.08. The summed E-state index contributed by atoms with van der Waals surface area (Å²) in [6.45, 7) is 0. The largest absolute Gasteiger partial charge is 0.480 e. The highest BCUT2D eigenvalue weighted by Gasteiger charge is 2.57. The standard InChI is InChI=1S/C7H9N5O3/c1-12-10-6(9-11-12)8-4(13)7(2-3-7)5(14)15/h2-3H2,1H3,(H,14,15)(H,8,10,13). The Labute approximate surface area is 84.3 Å². The molecular weight excluding hydrogens is 202 g/mol. The van der Waals surface area contributed by atoms with Gasteiger partial charge in [0.1, 0.15) is 5.41 Å². The van der Waals surface area contributed by atoms with E-state index in [1.807, 2.05) is 0 Å². The second-order valence-corrected chi connectivity index (χ2v) is 3.44. The van der Waals surface area contributed by atoms with Gasteiger partial charge in [0.15, 0.2) is 0 Å². The van der Waals surface area contributed by atoms with Crippen molar-refractivity contribution in [2.45, 2.75) is 12.8 Å². The minimum absolute atomic E-state index is 0.0232. The van der Waals surface area contributed by atoms with E-state index in [-0.39, 0.29) is 5.95 Å². The second kappa shape index (κ2) is 3.01. The molecule has 0 bridgehead atoms. The molecule has 1 aliphatic rings. The summed E-state index contributed by atoms with van der Waals surface area (Å²) in [5.41, 5.74) is -1.28. The smallest absolute Gasteiger partial charge is 0.319 e. The van der Waals surface area contributed by atoms with Gasteiger partial charge in [-0.15, -0.1) is 5.10 Å². The Hall–Kier alpha value is -1.99. The Bertz CT molecular complexity index is 422. The fourth-order valence-electron chi connectivity index (χ4n) is 1.22. The molecule has 1 fully saturated rings. The number of hydrogen-bond acceptors (Lipinski definition) is 5. The van der Waals surface area contributed by atoms with E-state index in [1.54, 1.807) is 7.05 Å². The number of aliphatic carboxylic acids is 1. The van der Waals surface area contributed by atoms with Gasteiger partial charge in [-0.1, -0.05) is 5.10 Å². The lowest BCUT2D eigenvalue weighted by Gasteiger charge is -2.06. The molecule has 0 aromatic carbocycles. The summed E-state index contributed by atoms with van der Waals surface area (Å²) in [7, 11) is 1.55. The number of aromatic nitrogens is 4. The topological polar surface area (TPSA) is 110 Å². The van der Waals surface area contributed by atoms with Crippen LogP contribution in [-0.4, -0.2) is 37.2 Å². The molecule has 2 N–H and O–H groups in total. The van der Waals surface area contributed by atoms with E-state index in [0.29, 0.717) is 12.8 Å². The minimum Gasteiger partial charge on any atom is -0.480 e. The molecule has 8 nitrogen and oxygen atoms in total. The van der Waals surface area contributed by atoms with Crippen LogP contribution in [0.4, 0.5) is 5.95 Å². The van der Waals surface area contributed by atoms with E-state index >= 15 is 0 Å². The second-order valence-electron chi connectivity index (χ2n) is 3.44. The molecule has 1 aliphatic carbocycles. The predicted molar refractivity (Wildman–Crippen MR) is 46.7 cm³/mol. The number of nitrogens with zero attached hydrogens (tertiary/aromatic N) is 4. The average molecular weight is 211 g/mol. The number of rotatable bonds is 3. The summed E-state index contributed by atoms with van der Waals surface area (Å²) in [6, 6.07) is 0. The molecule has 80 valence electrons. The highest BCUT2D eigenvalue weighted by atomic mass is 16.4. The first-order chi connectivity index (χ1) is 7.04. The van der Waals surface area contributed by atoms with E-state index in [1.165, 1.54) is 4.80 Å². The number of tetrazole rings is 1. The summed E-state index contributed by atoms with van der Waals surface area (Å²) in [6.07, 6.45) is 0.711. The Morgan fingerprint density at radius 3 is 2.60 bits per heavy atom. The summed E-state index contributed by atoms with van der Waals surface area (Å²) in [5.74, 6) is -1.66. The van der Waals surface area contributed by atoms with Crippen LogP contribution in [0.3, 0.4) is 0 Å². The molecule has 0 radical (unpaired) electrons. The molecule has 0 unspecified atom stereocenters. The lowest BCUT2D eigenvalue weighted by atomic mass is 10.1. The van der Waals surface area contributed by atoms with Crippen molar-refractivity contribution in [3.63, 3.8) is 0 Å². The van der Waals surface area contributed by atoms with Gasteiger partial charge < -0.3 is 5.11 Å². The number of hydrogen-bond donors (Lipinski definition) is 2. The maximum Gasteiger partial charge on any atom is 0.319 e. The quantitative estimate of drug-likeness (QED) is 0.621. The highest BCUT2D eigenvalue weighted by molar-refractivity contribution is 6.10. The number of anilines is 1. The lowest BCUT2D eigenvalue weighted by molar-refractivity contribution is -0.147. The zero-order valence-corrected chi connectivity index (χ0v) is 7.97. The molecule has 8 heteroatoms. The van der Waals surface area contributed by atoms with Crippen LogP contribution in [0.2, 0.25) is 0 Å². The predicted octanol–water partition coefficient (Wildman–Crippen LogP) is -0.987. The maximum absolute atomic E-state index is 11.5. The first kappa shape index (κ1) is 9.56. The molecule has 0 atom stereocenters. The van der Waals surface area contributed by atoms with Gasteiger partial charge in [0.2, 0.25) is 5.91 Å². The van der Waals surface area contributed by atoms with Crippen molar-refractivity contribution in [2.24, 2.45) is 12.5 Å². The third-order valence-corrected chi connectivity index (χ3v) is 2.33. The Morgan fingerprint density at radius 2 is 2.20 bits per heavy atom. The van der Waals surface area contributed by atoms with E-state index in [9.17, 15) is 9.59 Å². The lowest BCUT2D eigenvalue weighted by Crippen LogP contribution is -2.31. The van der Waals surface area contributed by atoms with Crippen molar-refractivity contribution < 1.29 is 14.7 Å². The molecule has 15 heavy (non-hydrogen) atoms. The maximum atomic E-state index is 11.5. The number of carbonyl (C=O) groups is 2. The SMILES string of the molecule is Cn1nnc(NC(=O)C2(C(=O)O)CC2)n1. The first-order valence-electron chi connectivity index (χ1n) is 4.33. The van der Waals surface area contributed by atoms with Gasteiger partial charge in [0.05, 0.1) is 7.05 Å². The van der Waals surface area contributed by atoms with Crippen molar-refractivity contribution in [3.05, 3.63) is 0 Å². The van der Waals surface area contributed by atoms with Crippen molar-refractivity contribution in [2.75, 3.05) is 5.32 Å². The number of carbonyl (C=O) groups excluding carboxylic acids is 1. The fourth-order valence-corrected chi connectivity index (χ4v) is 1.22. The zero-order chi connectivity index (χ0) is 11.1. The van der Waals surface area contributed by atoms with Crippen LogP contribution in [0, 0.1) is 5.41 Å². The molecule has 1 heterocycles. The normalized spacial score (nSPS) is 17.1. The molecule has 0 saturated heterocycles. The molecule has 1 aromatic rings. The monoisotopic (exact) mass is 211 g/mol. The summed E-state index contributed by atoms with van der Waals surface area (Å²) < 4.78 is 0. The number of amides is 1. The van der Waals surface area contributed by atoms with Gasteiger partial charge in [-0.3, -0.25) is 14.9 Å². The minimum atomic E-state index is -1.28. The van der Waals surface area contributed by atoms with Crippen LogP contribution in [0.25, 0.3) is 0 Å². The number of nitrogens with one attached hydrogen (secondary N) is 1. The van der Waals surface area contributed by atoms with Crippen LogP contribution in [-0.2, 0) is 16.6 Å². The summed E-state index contributed by atoms with van der Waals surface area (Å²) in [5, 5.41) is 21.9. The van der Waals surface area contributed by atoms with E-state index < -0.39 is 17.3 Å². The van der Waals surface area contributed by atoms with Gasteiger partial charge >= 0.3 is 5.97 Å². The van der Waals surface area contributed by atoms with Crippen molar-refractivity contribution >= 4 is 17.8 Å². The van der Waals surface area contributed by atoms with E-state index in [0.717, 1.165) is 0 Å². The average Bonchev–Trinajstić information content (AvgIpc) is 2.88. The molecule has 1 saturated carbocycles. The van der Waals surface area contributed by atoms with Crippen LogP contribution in [0.15, 0.2) is 0 Å². The van der Waals surface area contributed by atoms with Gasteiger partial charge in [0, 0.05) is 0 Å². The van der Waals surface area contributed by atoms with Crippen LogP contribution < -0.4 is 5.32 Å². The summed E-state index contributed by atoms with van der Waals surface area (Å²) in [4.78, 5) is 23.5. The van der Waals surface area contributed by atoms with Crippen LogP contribution in [0.5, 0.6) is 0 Å². The van der Waals surface area contributed by atoms with E-state index in [4.69, 9.17) is 5.11 Å². The summed E-state index contributed by atoms with van der Waals surface area (Å²) >= 11 is 0. The molecule has 1 aromatic heterocycles. The third-order valence-electron chi connectivity index (χ3n) is 2.33. The number of aryl methyl sites for hydroxylation is 1. The molecule has 0 spiro atoms. The first-order valence-corrected chi connectivity index (χ1v) is 4.33. The van der Waals surface area contributed by atoms with Crippen molar-refractivity contribution in [1.29, 1.82) is 0 Å². The van der Waals surface area contributed by atoms with Crippen LogP contribution >= 0.6 is 0 Å². The zero-order valence-electron chi connectivity index (χ0n) is 7.97. The number of carboxylic acid groups (broad SMARTS) is 1.